The van der Waals surface area contributed by atoms with E-state index in [1.54, 1.807) is 6.33 Å². The van der Waals surface area contributed by atoms with Gasteiger partial charge < -0.3 is 4.90 Å². The summed E-state index contributed by atoms with van der Waals surface area (Å²) in [6, 6.07) is 6.56. The third-order valence-corrected chi connectivity index (χ3v) is 4.70. The van der Waals surface area contributed by atoms with Crippen molar-refractivity contribution in [3.8, 4) is 0 Å². The van der Waals surface area contributed by atoms with E-state index in [1.807, 2.05) is 18.2 Å². The molecule has 2 aliphatic heterocycles. The van der Waals surface area contributed by atoms with Gasteiger partial charge in [0, 0.05) is 36.1 Å². The second-order valence-electron chi connectivity index (χ2n) is 5.64. The number of aromatic nitrogens is 2. The van der Waals surface area contributed by atoms with Crippen LogP contribution in [0.1, 0.15) is 12.8 Å². The maximum atomic E-state index is 6.05. The summed E-state index contributed by atoms with van der Waals surface area (Å²) in [7, 11) is 0. The number of halogens is 1. The molecule has 0 spiro atoms. The Kier molecular flexibility index (Phi) is 3.00. The number of piperazine rings is 1. The van der Waals surface area contributed by atoms with Gasteiger partial charge in [0.2, 0.25) is 0 Å². The monoisotopic (exact) mass is 288 g/mol. The molecule has 5 heteroatoms. The number of hydrogen-bond acceptors (Lipinski definition) is 4. The molecule has 1 atom stereocenters. The minimum Gasteiger partial charge on any atom is -0.353 e. The topological polar surface area (TPSA) is 32.3 Å². The van der Waals surface area contributed by atoms with E-state index >= 15 is 0 Å². The highest BCUT2D eigenvalue weighted by Crippen LogP contribution is 2.29. The van der Waals surface area contributed by atoms with E-state index in [0.29, 0.717) is 6.04 Å². The maximum absolute atomic E-state index is 6.05. The summed E-state index contributed by atoms with van der Waals surface area (Å²) < 4.78 is 0. The van der Waals surface area contributed by atoms with Crippen molar-refractivity contribution in [1.29, 1.82) is 0 Å². The highest BCUT2D eigenvalue weighted by molar-refractivity contribution is 6.31. The Bertz CT molecular complexity index is 645. The Morgan fingerprint density at radius 1 is 1.15 bits per heavy atom. The molecule has 2 fully saturated rings. The van der Waals surface area contributed by atoms with Crippen molar-refractivity contribution in [3.63, 3.8) is 0 Å². The van der Waals surface area contributed by atoms with E-state index in [1.165, 1.54) is 19.4 Å². The third-order valence-electron chi connectivity index (χ3n) is 4.46. The lowest BCUT2D eigenvalue weighted by atomic mass is 10.1. The summed E-state index contributed by atoms with van der Waals surface area (Å²) in [5, 5.41) is 1.83. The van der Waals surface area contributed by atoms with Crippen molar-refractivity contribution in [2.75, 3.05) is 31.1 Å². The van der Waals surface area contributed by atoms with E-state index in [4.69, 9.17) is 11.6 Å². The maximum Gasteiger partial charge on any atom is 0.139 e. The molecule has 0 aliphatic carbocycles. The van der Waals surface area contributed by atoms with Crippen LogP contribution in [0.15, 0.2) is 24.5 Å². The molecule has 2 aliphatic rings. The first-order valence-corrected chi connectivity index (χ1v) is 7.58. The van der Waals surface area contributed by atoms with Crippen LogP contribution < -0.4 is 4.90 Å². The Balaban J connectivity index is 1.71. The van der Waals surface area contributed by atoms with E-state index in [9.17, 15) is 0 Å². The fraction of sp³-hybridized carbons (Fsp3) is 0.467. The molecule has 4 nitrogen and oxygen atoms in total. The van der Waals surface area contributed by atoms with Crippen LogP contribution in [0.3, 0.4) is 0 Å². The van der Waals surface area contributed by atoms with Gasteiger partial charge in [-0.25, -0.2) is 9.97 Å². The summed E-state index contributed by atoms with van der Waals surface area (Å²) in [5.74, 6) is 1.05. The lowest BCUT2D eigenvalue weighted by molar-refractivity contribution is 0.230. The second kappa shape index (κ2) is 4.86. The van der Waals surface area contributed by atoms with Crippen molar-refractivity contribution in [2.24, 2.45) is 0 Å². The number of hydrogen-bond donors (Lipinski definition) is 0. The molecule has 2 saturated heterocycles. The zero-order chi connectivity index (χ0) is 13.5. The highest BCUT2D eigenvalue weighted by Gasteiger charge is 2.31. The zero-order valence-electron chi connectivity index (χ0n) is 11.3. The first kappa shape index (κ1) is 12.4. The van der Waals surface area contributed by atoms with Gasteiger partial charge in [-0.3, -0.25) is 4.90 Å². The number of anilines is 1. The van der Waals surface area contributed by atoms with Crippen LogP contribution in [0, 0.1) is 0 Å². The first-order valence-electron chi connectivity index (χ1n) is 7.20. The normalized spacial score (nSPS) is 23.2. The summed E-state index contributed by atoms with van der Waals surface area (Å²) in [6.45, 7) is 4.53. The minimum atomic E-state index is 0.695. The average Bonchev–Trinajstić information content (AvgIpc) is 2.93. The standard InChI is InChI=1S/C15H17ClN4/c16-11-3-4-13-14(8-11)17-10-18-15(13)20-7-6-19-5-1-2-12(19)9-20/h3-4,8,10,12H,1-2,5-7,9H2/t12-/m1/s1. The number of fused-ring (bicyclic) bond motifs is 2. The fourth-order valence-electron chi connectivity index (χ4n) is 3.45. The SMILES string of the molecule is Clc1ccc2c(N3CCN4CCC[C@@H]4C3)ncnc2c1. The molecule has 1 aromatic heterocycles. The van der Waals surface area contributed by atoms with Crippen LogP contribution in [0.25, 0.3) is 10.9 Å². The molecule has 0 N–H and O–H groups in total. The molecule has 0 unspecified atom stereocenters. The average molecular weight is 289 g/mol. The Hall–Kier alpha value is -1.39. The van der Waals surface area contributed by atoms with E-state index in [0.717, 1.165) is 41.4 Å². The van der Waals surface area contributed by atoms with Crippen molar-refractivity contribution in [2.45, 2.75) is 18.9 Å². The van der Waals surface area contributed by atoms with Crippen LogP contribution in [0.2, 0.25) is 5.02 Å². The number of nitrogens with zero attached hydrogens (tertiary/aromatic N) is 4. The molecular weight excluding hydrogens is 272 g/mol. The smallest absolute Gasteiger partial charge is 0.139 e. The predicted octanol–water partition coefficient (Wildman–Crippen LogP) is 2.57. The fourth-order valence-corrected chi connectivity index (χ4v) is 3.62. The molecule has 0 bridgehead atoms. The lowest BCUT2D eigenvalue weighted by Crippen LogP contribution is -2.50. The van der Waals surface area contributed by atoms with E-state index in [-0.39, 0.29) is 0 Å². The lowest BCUT2D eigenvalue weighted by Gasteiger charge is -2.38. The molecule has 20 heavy (non-hydrogen) atoms. The Labute approximate surface area is 123 Å². The van der Waals surface area contributed by atoms with Gasteiger partial charge in [-0.05, 0) is 37.6 Å². The Morgan fingerprint density at radius 3 is 3.05 bits per heavy atom. The summed E-state index contributed by atoms with van der Waals surface area (Å²) >= 11 is 6.05. The molecule has 1 aromatic carbocycles. The zero-order valence-corrected chi connectivity index (χ0v) is 12.1. The van der Waals surface area contributed by atoms with Crippen LogP contribution >= 0.6 is 11.6 Å². The van der Waals surface area contributed by atoms with Crippen LogP contribution in [0.4, 0.5) is 5.82 Å². The molecule has 0 amide bonds. The van der Waals surface area contributed by atoms with Gasteiger partial charge >= 0.3 is 0 Å². The number of rotatable bonds is 1. The molecule has 2 aromatic rings. The minimum absolute atomic E-state index is 0.695. The number of benzene rings is 1. The van der Waals surface area contributed by atoms with Gasteiger partial charge in [0.05, 0.1) is 5.52 Å². The van der Waals surface area contributed by atoms with Gasteiger partial charge in [0.1, 0.15) is 12.1 Å². The van der Waals surface area contributed by atoms with Crippen molar-refractivity contribution >= 4 is 28.3 Å². The van der Waals surface area contributed by atoms with Crippen molar-refractivity contribution < 1.29 is 0 Å². The predicted molar refractivity (Wildman–Crippen MR) is 81.4 cm³/mol. The van der Waals surface area contributed by atoms with Crippen molar-refractivity contribution in [1.82, 2.24) is 14.9 Å². The Morgan fingerprint density at radius 2 is 2.10 bits per heavy atom. The van der Waals surface area contributed by atoms with E-state index in [2.05, 4.69) is 19.8 Å². The molecular formula is C15H17ClN4. The van der Waals surface area contributed by atoms with Gasteiger partial charge in [-0.2, -0.15) is 0 Å². The van der Waals surface area contributed by atoms with Gasteiger partial charge in [-0.1, -0.05) is 11.6 Å². The highest BCUT2D eigenvalue weighted by atomic mass is 35.5. The van der Waals surface area contributed by atoms with Crippen LogP contribution in [-0.2, 0) is 0 Å². The van der Waals surface area contributed by atoms with Crippen molar-refractivity contribution in [3.05, 3.63) is 29.5 Å². The summed E-state index contributed by atoms with van der Waals surface area (Å²) in [5.41, 5.74) is 0.927. The first-order chi connectivity index (χ1) is 9.81. The summed E-state index contributed by atoms with van der Waals surface area (Å²) in [4.78, 5) is 13.9. The second-order valence-corrected chi connectivity index (χ2v) is 6.07. The molecule has 0 radical (unpaired) electrons. The molecule has 104 valence electrons. The van der Waals surface area contributed by atoms with Gasteiger partial charge in [-0.15, -0.1) is 0 Å². The van der Waals surface area contributed by atoms with E-state index < -0.39 is 0 Å². The van der Waals surface area contributed by atoms with Gasteiger partial charge in [0.15, 0.2) is 0 Å². The largest absolute Gasteiger partial charge is 0.353 e. The third kappa shape index (κ3) is 2.03. The van der Waals surface area contributed by atoms with Gasteiger partial charge in [0.25, 0.3) is 0 Å². The van der Waals surface area contributed by atoms with Crippen LogP contribution in [-0.4, -0.2) is 47.1 Å². The quantitative estimate of drug-likeness (QED) is 0.807. The summed E-state index contributed by atoms with van der Waals surface area (Å²) in [6.07, 6.45) is 4.29. The molecule has 3 heterocycles. The molecule has 4 rings (SSSR count). The van der Waals surface area contributed by atoms with Crippen LogP contribution in [0.5, 0.6) is 0 Å². The molecule has 0 saturated carbocycles.